The maximum Gasteiger partial charge on any atom is 0.174 e. The van der Waals surface area contributed by atoms with Gasteiger partial charge in [0.05, 0.1) is 0 Å². The summed E-state index contributed by atoms with van der Waals surface area (Å²) in [5.41, 5.74) is 0. The summed E-state index contributed by atoms with van der Waals surface area (Å²) < 4.78 is 4.98. The van der Waals surface area contributed by atoms with E-state index in [9.17, 15) is 0 Å². The minimum absolute atomic E-state index is 0.949. The summed E-state index contributed by atoms with van der Waals surface area (Å²) >= 11 is 0. The Morgan fingerprint density at radius 1 is 1.00 bits per heavy atom. The van der Waals surface area contributed by atoms with E-state index in [1.807, 2.05) is 0 Å². The molecule has 0 aliphatic heterocycles. The van der Waals surface area contributed by atoms with Crippen molar-refractivity contribution in [2.75, 3.05) is 6.61 Å². The van der Waals surface area contributed by atoms with Crippen LogP contribution in [0, 0.1) is 0 Å². The van der Waals surface area contributed by atoms with Gasteiger partial charge in [-0.25, -0.2) is 0 Å². The minimum atomic E-state index is 0.949. The molecule has 0 unspecified atom stereocenters. The van der Waals surface area contributed by atoms with E-state index in [-0.39, 0.29) is 0 Å². The average Bonchev–Trinajstić information content (AvgIpc) is 1.97. The lowest BCUT2D eigenvalue weighted by Gasteiger charge is -1.98. The first-order chi connectivity index (χ1) is 4.91. The van der Waals surface area contributed by atoms with Crippen LogP contribution in [0.3, 0.4) is 0 Å². The summed E-state index contributed by atoms with van der Waals surface area (Å²) in [6, 6.07) is 0. The molecule has 0 heterocycles. The standard InChI is InChI=1S/C8H19OSi/c1-2-3-4-5-6-7-8-9-10/h2-8,10H2,1H3. The molecule has 0 rings (SSSR count). The van der Waals surface area contributed by atoms with Gasteiger partial charge in [0.15, 0.2) is 10.5 Å². The highest BCUT2D eigenvalue weighted by molar-refractivity contribution is 5.97. The van der Waals surface area contributed by atoms with Crippen molar-refractivity contribution in [3.63, 3.8) is 0 Å². The van der Waals surface area contributed by atoms with Gasteiger partial charge in [-0.3, -0.25) is 0 Å². The molecule has 10 heavy (non-hydrogen) atoms. The summed E-state index contributed by atoms with van der Waals surface area (Å²) in [7, 11) is 1.60. The largest absolute Gasteiger partial charge is 0.425 e. The van der Waals surface area contributed by atoms with Crippen molar-refractivity contribution < 1.29 is 4.43 Å². The molecule has 0 atom stereocenters. The highest BCUT2D eigenvalue weighted by atomic mass is 28.2. The summed E-state index contributed by atoms with van der Waals surface area (Å²) in [5.74, 6) is 0. The molecule has 0 aromatic heterocycles. The Hall–Kier alpha value is 0.177. The molecule has 0 spiro atoms. The number of hydrogen-bond donors (Lipinski definition) is 0. The zero-order valence-electron chi connectivity index (χ0n) is 7.07. The minimum Gasteiger partial charge on any atom is -0.425 e. The third-order valence-electron chi connectivity index (χ3n) is 1.64. The van der Waals surface area contributed by atoms with Crippen LogP contribution in [-0.2, 0) is 4.43 Å². The monoisotopic (exact) mass is 159 g/mol. The van der Waals surface area contributed by atoms with Gasteiger partial charge in [0, 0.05) is 6.61 Å². The lowest BCUT2D eigenvalue weighted by atomic mass is 10.1. The Balaban J connectivity index is 2.65. The molecule has 0 bridgehead atoms. The first-order valence-electron chi connectivity index (χ1n) is 4.28. The van der Waals surface area contributed by atoms with E-state index in [2.05, 4.69) is 6.92 Å². The lowest BCUT2D eigenvalue weighted by molar-refractivity contribution is 0.333. The van der Waals surface area contributed by atoms with Crippen molar-refractivity contribution in [1.29, 1.82) is 0 Å². The van der Waals surface area contributed by atoms with Crippen molar-refractivity contribution in [3.8, 4) is 0 Å². The fourth-order valence-electron chi connectivity index (χ4n) is 0.984. The maximum absolute atomic E-state index is 4.98. The van der Waals surface area contributed by atoms with Gasteiger partial charge >= 0.3 is 0 Å². The van der Waals surface area contributed by atoms with Crippen molar-refractivity contribution in [2.45, 2.75) is 45.4 Å². The molecule has 0 aliphatic carbocycles. The van der Waals surface area contributed by atoms with Crippen LogP contribution in [0.15, 0.2) is 0 Å². The lowest BCUT2D eigenvalue weighted by Crippen LogP contribution is -1.89. The smallest absolute Gasteiger partial charge is 0.174 e. The predicted octanol–water partition coefficient (Wildman–Crippen LogP) is 1.91. The first kappa shape index (κ1) is 10.2. The number of hydrogen-bond acceptors (Lipinski definition) is 1. The van der Waals surface area contributed by atoms with Crippen molar-refractivity contribution >= 4 is 10.5 Å². The van der Waals surface area contributed by atoms with Gasteiger partial charge in [0.1, 0.15) is 0 Å². The Labute approximate surface area is 67.7 Å². The fraction of sp³-hybridized carbons (Fsp3) is 1.00. The van der Waals surface area contributed by atoms with Gasteiger partial charge in [0.2, 0.25) is 0 Å². The van der Waals surface area contributed by atoms with Crippen LogP contribution in [0.1, 0.15) is 45.4 Å². The fourth-order valence-corrected chi connectivity index (χ4v) is 1.19. The highest BCUT2D eigenvalue weighted by Crippen LogP contribution is 2.04. The second-order valence-corrected chi connectivity index (χ2v) is 3.08. The van der Waals surface area contributed by atoms with Crippen LogP contribution in [0.5, 0.6) is 0 Å². The molecule has 2 heteroatoms. The molecule has 0 fully saturated rings. The van der Waals surface area contributed by atoms with Crippen LogP contribution in [-0.4, -0.2) is 17.1 Å². The average molecular weight is 159 g/mol. The van der Waals surface area contributed by atoms with Crippen molar-refractivity contribution in [1.82, 2.24) is 0 Å². The van der Waals surface area contributed by atoms with Gasteiger partial charge in [-0.15, -0.1) is 0 Å². The van der Waals surface area contributed by atoms with Crippen LogP contribution in [0.4, 0.5) is 0 Å². The second kappa shape index (κ2) is 9.18. The predicted molar refractivity (Wildman–Crippen MR) is 47.9 cm³/mol. The maximum atomic E-state index is 4.98. The molecule has 1 nitrogen and oxygen atoms in total. The van der Waals surface area contributed by atoms with Gasteiger partial charge in [-0.1, -0.05) is 39.0 Å². The van der Waals surface area contributed by atoms with Gasteiger partial charge in [0.25, 0.3) is 0 Å². The zero-order chi connectivity index (χ0) is 7.66. The number of unbranched alkanes of at least 4 members (excludes halogenated alkanes) is 5. The molecule has 0 aromatic rings. The summed E-state index contributed by atoms with van der Waals surface area (Å²) in [4.78, 5) is 0. The summed E-state index contributed by atoms with van der Waals surface area (Å²) in [6.07, 6.45) is 8.12. The SMILES string of the molecule is CCCCCCCCO[SiH2]. The van der Waals surface area contributed by atoms with Crippen molar-refractivity contribution in [3.05, 3.63) is 0 Å². The molecule has 0 saturated heterocycles. The molecular formula is C8H19OSi. The first-order valence-corrected chi connectivity index (χ1v) is 4.86. The van der Waals surface area contributed by atoms with E-state index in [4.69, 9.17) is 4.43 Å². The van der Waals surface area contributed by atoms with Crippen LogP contribution >= 0.6 is 0 Å². The van der Waals surface area contributed by atoms with Gasteiger partial charge < -0.3 is 4.43 Å². The molecular weight excluding hydrogens is 140 g/mol. The third kappa shape index (κ3) is 8.18. The van der Waals surface area contributed by atoms with E-state index in [0.29, 0.717) is 0 Å². The zero-order valence-corrected chi connectivity index (χ0v) is 8.48. The quantitative estimate of drug-likeness (QED) is 0.407. The summed E-state index contributed by atoms with van der Waals surface area (Å²) in [5, 5.41) is 0. The Morgan fingerprint density at radius 3 is 2.20 bits per heavy atom. The Bertz CT molecular complexity index is 49.2. The Kier molecular flexibility index (Phi) is 9.34. The third-order valence-corrected chi connectivity index (χ3v) is 1.93. The van der Waals surface area contributed by atoms with Crippen LogP contribution < -0.4 is 0 Å². The molecule has 0 aromatic carbocycles. The Morgan fingerprint density at radius 2 is 1.60 bits per heavy atom. The number of rotatable bonds is 7. The van der Waals surface area contributed by atoms with Gasteiger partial charge in [-0.2, -0.15) is 0 Å². The highest BCUT2D eigenvalue weighted by Gasteiger charge is 1.87. The van der Waals surface area contributed by atoms with Crippen LogP contribution in [0.2, 0.25) is 0 Å². The molecule has 1 radical (unpaired) electrons. The van der Waals surface area contributed by atoms with E-state index in [1.165, 1.54) is 38.5 Å². The molecule has 0 aliphatic rings. The van der Waals surface area contributed by atoms with Crippen molar-refractivity contribution in [2.24, 2.45) is 0 Å². The molecule has 0 amide bonds. The summed E-state index contributed by atoms with van der Waals surface area (Å²) in [6.45, 7) is 3.20. The molecule has 0 saturated carbocycles. The van der Waals surface area contributed by atoms with E-state index in [1.54, 1.807) is 10.5 Å². The normalized spacial score (nSPS) is 10.2. The van der Waals surface area contributed by atoms with E-state index >= 15 is 0 Å². The molecule has 0 N–H and O–H groups in total. The topological polar surface area (TPSA) is 9.23 Å². The van der Waals surface area contributed by atoms with Crippen LogP contribution in [0.25, 0.3) is 0 Å². The van der Waals surface area contributed by atoms with Gasteiger partial charge in [-0.05, 0) is 6.42 Å². The second-order valence-electron chi connectivity index (χ2n) is 2.68. The van der Waals surface area contributed by atoms with E-state index in [0.717, 1.165) is 6.61 Å². The van der Waals surface area contributed by atoms with E-state index < -0.39 is 0 Å². The molecule has 61 valence electrons.